The molecular weight excluding hydrogens is 238 g/mol. The number of rotatable bonds is 5. The summed E-state index contributed by atoms with van der Waals surface area (Å²) in [6, 6.07) is 4.54. The number of aromatic nitrogens is 1. The minimum absolute atomic E-state index is 0.489. The highest BCUT2D eigenvalue weighted by Gasteiger charge is 2.27. The largest absolute Gasteiger partial charge is 0.481 e. The lowest BCUT2D eigenvalue weighted by atomic mass is 9.88. The van der Waals surface area contributed by atoms with E-state index in [2.05, 4.69) is 22.9 Å². The topological polar surface area (TPSA) is 51.4 Å². The highest BCUT2D eigenvalue weighted by atomic mass is 16.5. The number of hydrogen-bond donors (Lipinski definition) is 1. The van der Waals surface area contributed by atoms with Crippen LogP contribution in [0.15, 0.2) is 18.3 Å². The van der Waals surface area contributed by atoms with Crippen molar-refractivity contribution in [1.82, 2.24) is 9.88 Å². The third-order valence-corrected chi connectivity index (χ3v) is 4.21. The monoisotopic (exact) mass is 263 g/mol. The van der Waals surface area contributed by atoms with Gasteiger partial charge in [-0.3, -0.25) is 4.90 Å². The molecule has 106 valence electrons. The molecule has 0 spiro atoms. The van der Waals surface area contributed by atoms with E-state index < -0.39 is 0 Å². The molecule has 2 rings (SSSR count). The van der Waals surface area contributed by atoms with Crippen LogP contribution >= 0.6 is 0 Å². The molecule has 0 radical (unpaired) electrons. The molecule has 2 unspecified atom stereocenters. The van der Waals surface area contributed by atoms with Crippen molar-refractivity contribution in [2.75, 3.05) is 20.2 Å². The molecule has 0 aromatic carbocycles. The third kappa shape index (κ3) is 3.45. The predicted octanol–water partition coefficient (Wildman–Crippen LogP) is 2.04. The average Bonchev–Trinajstić information content (AvgIpc) is 2.48. The SMILES string of the molecule is CCC1CCN(Cc2cccnc2OC)C(CN)C1. The van der Waals surface area contributed by atoms with Gasteiger partial charge in [-0.2, -0.15) is 0 Å². The van der Waals surface area contributed by atoms with Crippen molar-refractivity contribution >= 4 is 0 Å². The van der Waals surface area contributed by atoms with Gasteiger partial charge in [0.25, 0.3) is 0 Å². The summed E-state index contributed by atoms with van der Waals surface area (Å²) in [5.74, 6) is 1.57. The van der Waals surface area contributed by atoms with E-state index in [1.807, 2.05) is 6.07 Å². The van der Waals surface area contributed by atoms with E-state index >= 15 is 0 Å². The quantitative estimate of drug-likeness (QED) is 0.883. The maximum absolute atomic E-state index is 5.95. The van der Waals surface area contributed by atoms with Crippen molar-refractivity contribution in [3.05, 3.63) is 23.9 Å². The molecule has 1 aliphatic heterocycles. The van der Waals surface area contributed by atoms with Crippen LogP contribution in [0.25, 0.3) is 0 Å². The van der Waals surface area contributed by atoms with Crippen LogP contribution in [-0.4, -0.2) is 36.1 Å². The van der Waals surface area contributed by atoms with Crippen LogP contribution < -0.4 is 10.5 Å². The van der Waals surface area contributed by atoms with E-state index in [0.717, 1.165) is 37.0 Å². The number of piperidine rings is 1. The first-order chi connectivity index (χ1) is 9.28. The zero-order valence-corrected chi connectivity index (χ0v) is 12.0. The van der Waals surface area contributed by atoms with E-state index in [1.165, 1.54) is 19.3 Å². The Hall–Kier alpha value is -1.13. The number of ether oxygens (including phenoxy) is 1. The fourth-order valence-corrected chi connectivity index (χ4v) is 2.95. The molecule has 0 amide bonds. The van der Waals surface area contributed by atoms with Gasteiger partial charge in [-0.25, -0.2) is 4.98 Å². The van der Waals surface area contributed by atoms with Gasteiger partial charge in [0.15, 0.2) is 0 Å². The molecule has 1 aromatic rings. The maximum Gasteiger partial charge on any atom is 0.217 e. The van der Waals surface area contributed by atoms with Crippen LogP contribution in [0.4, 0.5) is 0 Å². The highest BCUT2D eigenvalue weighted by Crippen LogP contribution is 2.27. The number of methoxy groups -OCH3 is 1. The van der Waals surface area contributed by atoms with Gasteiger partial charge in [-0.15, -0.1) is 0 Å². The average molecular weight is 263 g/mol. The second kappa shape index (κ2) is 6.87. The van der Waals surface area contributed by atoms with Crippen LogP contribution in [0, 0.1) is 5.92 Å². The van der Waals surface area contributed by atoms with Crippen molar-refractivity contribution < 1.29 is 4.74 Å². The molecule has 2 heterocycles. The van der Waals surface area contributed by atoms with E-state index in [9.17, 15) is 0 Å². The van der Waals surface area contributed by atoms with Gasteiger partial charge in [0, 0.05) is 30.9 Å². The first-order valence-electron chi connectivity index (χ1n) is 7.20. The fourth-order valence-electron chi connectivity index (χ4n) is 2.95. The summed E-state index contributed by atoms with van der Waals surface area (Å²) < 4.78 is 5.33. The minimum Gasteiger partial charge on any atom is -0.481 e. The number of nitrogens with two attached hydrogens (primary N) is 1. The predicted molar refractivity (Wildman–Crippen MR) is 77.1 cm³/mol. The Morgan fingerprint density at radius 1 is 1.53 bits per heavy atom. The second-order valence-corrected chi connectivity index (χ2v) is 5.33. The molecule has 1 aromatic heterocycles. The number of pyridine rings is 1. The molecule has 19 heavy (non-hydrogen) atoms. The fraction of sp³-hybridized carbons (Fsp3) is 0.667. The van der Waals surface area contributed by atoms with Gasteiger partial charge < -0.3 is 10.5 Å². The first kappa shape index (κ1) is 14.3. The van der Waals surface area contributed by atoms with Gasteiger partial charge in [0.1, 0.15) is 0 Å². The van der Waals surface area contributed by atoms with E-state index in [4.69, 9.17) is 10.5 Å². The van der Waals surface area contributed by atoms with Gasteiger partial charge in [-0.1, -0.05) is 19.4 Å². The van der Waals surface area contributed by atoms with Crippen molar-refractivity contribution in [2.45, 2.75) is 38.8 Å². The summed E-state index contributed by atoms with van der Waals surface area (Å²) in [7, 11) is 1.68. The summed E-state index contributed by atoms with van der Waals surface area (Å²) in [4.78, 5) is 6.74. The lowest BCUT2D eigenvalue weighted by Crippen LogP contribution is -2.46. The van der Waals surface area contributed by atoms with Crippen LogP contribution in [-0.2, 0) is 6.54 Å². The van der Waals surface area contributed by atoms with Crippen molar-refractivity contribution in [3.8, 4) is 5.88 Å². The molecule has 1 aliphatic rings. The van der Waals surface area contributed by atoms with Gasteiger partial charge in [-0.05, 0) is 31.4 Å². The Balaban J connectivity index is 2.05. The number of hydrogen-bond acceptors (Lipinski definition) is 4. The highest BCUT2D eigenvalue weighted by molar-refractivity contribution is 5.25. The molecule has 0 bridgehead atoms. The minimum atomic E-state index is 0.489. The Bertz CT molecular complexity index is 397. The van der Waals surface area contributed by atoms with Crippen LogP contribution in [0.1, 0.15) is 31.7 Å². The summed E-state index contributed by atoms with van der Waals surface area (Å²) in [5, 5.41) is 0. The lowest BCUT2D eigenvalue weighted by Gasteiger charge is -2.39. The molecule has 2 N–H and O–H groups in total. The molecule has 2 atom stereocenters. The van der Waals surface area contributed by atoms with E-state index in [-0.39, 0.29) is 0 Å². The number of likely N-dealkylation sites (tertiary alicyclic amines) is 1. The molecule has 0 saturated carbocycles. The van der Waals surface area contributed by atoms with Gasteiger partial charge in [0.2, 0.25) is 5.88 Å². The van der Waals surface area contributed by atoms with Crippen molar-refractivity contribution in [1.29, 1.82) is 0 Å². The zero-order valence-electron chi connectivity index (χ0n) is 12.0. The van der Waals surface area contributed by atoms with E-state index in [1.54, 1.807) is 13.3 Å². The van der Waals surface area contributed by atoms with Crippen LogP contribution in [0.5, 0.6) is 5.88 Å². The normalized spacial score (nSPS) is 24.4. The Kier molecular flexibility index (Phi) is 5.16. The van der Waals surface area contributed by atoms with Crippen molar-refractivity contribution in [3.63, 3.8) is 0 Å². The number of nitrogens with zero attached hydrogens (tertiary/aromatic N) is 2. The second-order valence-electron chi connectivity index (χ2n) is 5.33. The smallest absolute Gasteiger partial charge is 0.217 e. The summed E-state index contributed by atoms with van der Waals surface area (Å²) >= 11 is 0. The van der Waals surface area contributed by atoms with Gasteiger partial charge >= 0.3 is 0 Å². The Morgan fingerprint density at radius 2 is 2.37 bits per heavy atom. The molecule has 4 nitrogen and oxygen atoms in total. The lowest BCUT2D eigenvalue weighted by molar-refractivity contribution is 0.106. The van der Waals surface area contributed by atoms with Crippen LogP contribution in [0.2, 0.25) is 0 Å². The molecule has 4 heteroatoms. The first-order valence-corrected chi connectivity index (χ1v) is 7.20. The standard InChI is InChI=1S/C15H25N3O/c1-3-12-6-8-18(14(9-12)10-16)11-13-5-4-7-17-15(13)19-2/h4-5,7,12,14H,3,6,8-11,16H2,1-2H3. The van der Waals surface area contributed by atoms with E-state index in [0.29, 0.717) is 6.04 Å². The maximum atomic E-state index is 5.95. The van der Waals surface area contributed by atoms with Crippen molar-refractivity contribution in [2.24, 2.45) is 11.7 Å². The zero-order chi connectivity index (χ0) is 13.7. The molecule has 0 aliphatic carbocycles. The molecular formula is C15H25N3O. The summed E-state index contributed by atoms with van der Waals surface area (Å²) in [5.41, 5.74) is 7.10. The summed E-state index contributed by atoms with van der Waals surface area (Å²) in [6.07, 6.45) is 5.53. The Labute approximate surface area is 116 Å². The van der Waals surface area contributed by atoms with Crippen LogP contribution in [0.3, 0.4) is 0 Å². The molecule has 1 fully saturated rings. The Morgan fingerprint density at radius 3 is 3.05 bits per heavy atom. The third-order valence-electron chi connectivity index (χ3n) is 4.21. The molecule has 1 saturated heterocycles. The van der Waals surface area contributed by atoms with Gasteiger partial charge in [0.05, 0.1) is 7.11 Å². The summed E-state index contributed by atoms with van der Waals surface area (Å²) in [6.45, 7) is 5.02.